The molecular weight excluding hydrogens is 216 g/mol. The molecule has 0 amide bonds. The average molecular weight is 228 g/mol. The summed E-state index contributed by atoms with van der Waals surface area (Å²) in [5, 5.41) is 0. The molecule has 3 heteroatoms. The van der Waals surface area contributed by atoms with Crippen molar-refractivity contribution in [3.63, 3.8) is 0 Å². The fraction of sp³-hybridized carbons (Fsp3) is 0.286. The molecule has 0 radical (unpaired) electrons. The lowest BCUT2D eigenvalue weighted by atomic mass is 9.94. The van der Waals surface area contributed by atoms with E-state index in [0.29, 0.717) is 12.2 Å². The SMILES string of the molecule is O=C1C2C=CC1C(C(=O)Oc1ccccc1)C2. The number of ether oxygens (including phenoxy) is 1. The number of benzene rings is 1. The number of rotatable bonds is 2. The largest absolute Gasteiger partial charge is 0.426 e. The number of ketones is 1. The Kier molecular flexibility index (Phi) is 2.32. The molecule has 3 nitrogen and oxygen atoms in total. The lowest BCUT2D eigenvalue weighted by Crippen LogP contribution is -2.25. The zero-order valence-corrected chi connectivity index (χ0v) is 9.21. The van der Waals surface area contributed by atoms with Crippen molar-refractivity contribution in [1.29, 1.82) is 0 Å². The van der Waals surface area contributed by atoms with Crippen molar-refractivity contribution in [3.8, 4) is 5.75 Å². The van der Waals surface area contributed by atoms with Crippen LogP contribution in [0.15, 0.2) is 42.5 Å². The summed E-state index contributed by atoms with van der Waals surface area (Å²) in [6, 6.07) is 8.97. The van der Waals surface area contributed by atoms with E-state index in [1.165, 1.54) is 0 Å². The summed E-state index contributed by atoms with van der Waals surface area (Å²) in [5.41, 5.74) is 0. The molecule has 3 unspecified atom stereocenters. The van der Waals surface area contributed by atoms with Crippen LogP contribution in [0, 0.1) is 17.8 Å². The fourth-order valence-electron chi connectivity index (χ4n) is 2.56. The number of hydrogen-bond acceptors (Lipinski definition) is 3. The predicted octanol–water partition coefficient (Wildman–Crippen LogP) is 1.98. The fourth-order valence-corrected chi connectivity index (χ4v) is 2.56. The number of hydrogen-bond donors (Lipinski definition) is 0. The summed E-state index contributed by atoms with van der Waals surface area (Å²) < 4.78 is 5.27. The van der Waals surface area contributed by atoms with Crippen LogP contribution in [0.5, 0.6) is 5.75 Å². The number of carbonyl (C=O) groups is 2. The molecule has 2 aliphatic carbocycles. The third-order valence-corrected chi connectivity index (χ3v) is 3.45. The Balaban J connectivity index is 1.73. The highest BCUT2D eigenvalue weighted by atomic mass is 16.5. The van der Waals surface area contributed by atoms with Crippen molar-refractivity contribution in [1.82, 2.24) is 0 Å². The first-order chi connectivity index (χ1) is 8.25. The Morgan fingerprint density at radius 1 is 1.18 bits per heavy atom. The molecule has 0 spiro atoms. The summed E-state index contributed by atoms with van der Waals surface area (Å²) in [6.07, 6.45) is 4.35. The highest BCUT2D eigenvalue weighted by Gasteiger charge is 2.47. The van der Waals surface area contributed by atoms with E-state index in [4.69, 9.17) is 4.74 Å². The van der Waals surface area contributed by atoms with Crippen LogP contribution in [0.25, 0.3) is 0 Å². The van der Waals surface area contributed by atoms with E-state index in [2.05, 4.69) is 0 Å². The number of Topliss-reactive ketones (excluding diaryl/α,β-unsaturated/α-hetero) is 1. The second-order valence-electron chi connectivity index (χ2n) is 4.50. The normalized spacial score (nSPS) is 29.6. The van der Waals surface area contributed by atoms with Gasteiger partial charge in [0.25, 0.3) is 0 Å². The third-order valence-electron chi connectivity index (χ3n) is 3.45. The van der Waals surface area contributed by atoms with Gasteiger partial charge < -0.3 is 4.74 Å². The maximum Gasteiger partial charge on any atom is 0.315 e. The molecule has 0 saturated heterocycles. The number of para-hydroxylation sites is 1. The second-order valence-corrected chi connectivity index (χ2v) is 4.50. The van der Waals surface area contributed by atoms with Gasteiger partial charge in [-0.15, -0.1) is 0 Å². The molecule has 2 bridgehead atoms. The maximum absolute atomic E-state index is 11.9. The Bertz CT molecular complexity index is 489. The first-order valence-corrected chi connectivity index (χ1v) is 5.74. The molecule has 1 fully saturated rings. The van der Waals surface area contributed by atoms with Gasteiger partial charge in [-0.2, -0.15) is 0 Å². The number of fused-ring (bicyclic) bond motifs is 2. The van der Waals surface area contributed by atoms with Crippen LogP contribution in [-0.2, 0) is 9.59 Å². The van der Waals surface area contributed by atoms with E-state index >= 15 is 0 Å². The van der Waals surface area contributed by atoms with Gasteiger partial charge in [-0.3, -0.25) is 9.59 Å². The van der Waals surface area contributed by atoms with Gasteiger partial charge in [0, 0.05) is 11.8 Å². The quantitative estimate of drug-likeness (QED) is 0.441. The Morgan fingerprint density at radius 3 is 2.53 bits per heavy atom. The molecular formula is C14H12O3. The van der Waals surface area contributed by atoms with E-state index < -0.39 is 0 Å². The molecule has 86 valence electrons. The van der Waals surface area contributed by atoms with E-state index in [1.54, 1.807) is 12.1 Å². The van der Waals surface area contributed by atoms with Crippen molar-refractivity contribution in [2.24, 2.45) is 17.8 Å². The summed E-state index contributed by atoms with van der Waals surface area (Å²) in [5.74, 6) is -0.194. The first kappa shape index (κ1) is 10.3. The lowest BCUT2D eigenvalue weighted by molar-refractivity contribution is -0.140. The monoisotopic (exact) mass is 228 g/mol. The predicted molar refractivity (Wildman–Crippen MR) is 61.3 cm³/mol. The third kappa shape index (κ3) is 1.68. The van der Waals surface area contributed by atoms with E-state index in [0.717, 1.165) is 0 Å². The second kappa shape index (κ2) is 3.84. The van der Waals surface area contributed by atoms with Crippen LogP contribution in [0.1, 0.15) is 6.42 Å². The van der Waals surface area contributed by atoms with Crippen LogP contribution in [-0.4, -0.2) is 11.8 Å². The van der Waals surface area contributed by atoms with Gasteiger partial charge in [-0.1, -0.05) is 30.4 Å². The smallest absolute Gasteiger partial charge is 0.315 e. The van der Waals surface area contributed by atoms with Gasteiger partial charge >= 0.3 is 5.97 Å². The van der Waals surface area contributed by atoms with Crippen molar-refractivity contribution in [2.75, 3.05) is 0 Å². The summed E-state index contributed by atoms with van der Waals surface area (Å²) >= 11 is 0. The molecule has 2 aliphatic rings. The standard InChI is InChI=1S/C14H12O3/c15-13-9-6-7-11(13)12(8-9)14(16)17-10-4-2-1-3-5-10/h1-7,9,11-12H,8H2. The molecule has 0 N–H and O–H groups in total. The van der Waals surface area contributed by atoms with E-state index in [1.807, 2.05) is 30.4 Å². The van der Waals surface area contributed by atoms with Gasteiger partial charge in [0.05, 0.1) is 5.92 Å². The van der Waals surface area contributed by atoms with Crippen LogP contribution in [0.4, 0.5) is 0 Å². The summed E-state index contributed by atoms with van der Waals surface area (Å²) in [7, 11) is 0. The minimum absolute atomic E-state index is 0.0617. The van der Waals surface area contributed by atoms with Crippen molar-refractivity contribution in [2.45, 2.75) is 6.42 Å². The minimum atomic E-state index is -0.294. The lowest BCUT2D eigenvalue weighted by Gasteiger charge is -2.14. The summed E-state index contributed by atoms with van der Waals surface area (Å²) in [4.78, 5) is 23.6. The Morgan fingerprint density at radius 2 is 1.94 bits per heavy atom. The maximum atomic E-state index is 11.9. The average Bonchev–Trinajstić information content (AvgIpc) is 2.86. The Labute approximate surface area is 99.1 Å². The van der Waals surface area contributed by atoms with Gasteiger partial charge in [-0.05, 0) is 18.6 Å². The number of esters is 1. The molecule has 0 heterocycles. The topological polar surface area (TPSA) is 43.4 Å². The molecule has 0 aromatic heterocycles. The highest BCUT2D eigenvalue weighted by molar-refractivity contribution is 5.97. The van der Waals surface area contributed by atoms with Crippen LogP contribution >= 0.6 is 0 Å². The van der Waals surface area contributed by atoms with Crippen molar-refractivity contribution < 1.29 is 14.3 Å². The van der Waals surface area contributed by atoms with Crippen molar-refractivity contribution >= 4 is 11.8 Å². The van der Waals surface area contributed by atoms with Crippen LogP contribution in [0.2, 0.25) is 0 Å². The zero-order valence-electron chi connectivity index (χ0n) is 9.21. The first-order valence-electron chi connectivity index (χ1n) is 5.74. The summed E-state index contributed by atoms with van der Waals surface area (Å²) in [6.45, 7) is 0. The van der Waals surface area contributed by atoms with E-state index in [9.17, 15) is 9.59 Å². The molecule has 3 atom stereocenters. The molecule has 17 heavy (non-hydrogen) atoms. The molecule has 1 aromatic carbocycles. The van der Waals surface area contributed by atoms with Gasteiger partial charge in [0.1, 0.15) is 11.5 Å². The molecule has 3 rings (SSSR count). The minimum Gasteiger partial charge on any atom is -0.426 e. The number of allylic oxidation sites excluding steroid dienone is 2. The van der Waals surface area contributed by atoms with Gasteiger partial charge in [-0.25, -0.2) is 0 Å². The Hall–Kier alpha value is -1.90. The highest BCUT2D eigenvalue weighted by Crippen LogP contribution is 2.41. The van der Waals surface area contributed by atoms with Crippen LogP contribution in [0.3, 0.4) is 0 Å². The molecule has 0 aliphatic heterocycles. The van der Waals surface area contributed by atoms with Gasteiger partial charge in [0.2, 0.25) is 0 Å². The zero-order chi connectivity index (χ0) is 11.8. The van der Waals surface area contributed by atoms with E-state index in [-0.39, 0.29) is 29.5 Å². The molecule has 1 saturated carbocycles. The van der Waals surface area contributed by atoms with Crippen molar-refractivity contribution in [3.05, 3.63) is 42.5 Å². The molecule has 1 aromatic rings. The van der Waals surface area contributed by atoms with Gasteiger partial charge in [0.15, 0.2) is 0 Å². The van der Waals surface area contributed by atoms with Crippen LogP contribution < -0.4 is 4.74 Å². The number of carbonyl (C=O) groups excluding carboxylic acids is 2.